The highest BCUT2D eigenvalue weighted by Gasteiger charge is 2.46. The van der Waals surface area contributed by atoms with Crippen molar-refractivity contribution in [3.63, 3.8) is 0 Å². The third-order valence-electron chi connectivity index (χ3n) is 6.37. The van der Waals surface area contributed by atoms with E-state index < -0.39 is 5.97 Å². The summed E-state index contributed by atoms with van der Waals surface area (Å²) in [5.74, 6) is -0.0759. The van der Waals surface area contributed by atoms with Gasteiger partial charge in [-0.1, -0.05) is 49.4 Å². The van der Waals surface area contributed by atoms with Crippen LogP contribution in [0.5, 0.6) is 0 Å². The minimum Gasteiger partial charge on any atom is -0.480 e. The second-order valence-electron chi connectivity index (χ2n) is 8.03. The Hall–Kier alpha value is -2.40. The van der Waals surface area contributed by atoms with E-state index in [0.717, 1.165) is 38.9 Å². The third-order valence-corrected chi connectivity index (χ3v) is 6.37. The average molecular weight is 380 g/mol. The van der Waals surface area contributed by atoms with Crippen LogP contribution in [0, 0.1) is 5.92 Å². The summed E-state index contributed by atoms with van der Waals surface area (Å²) in [6.45, 7) is 4.29. The lowest BCUT2D eigenvalue weighted by Gasteiger charge is -2.37. The summed E-state index contributed by atoms with van der Waals surface area (Å²) in [7, 11) is 0. The molecule has 0 spiro atoms. The van der Waals surface area contributed by atoms with Gasteiger partial charge in [0.15, 0.2) is 0 Å². The van der Waals surface area contributed by atoms with Crippen LogP contribution in [-0.4, -0.2) is 59.0 Å². The van der Waals surface area contributed by atoms with Crippen LogP contribution >= 0.6 is 0 Å². The molecule has 2 aromatic carbocycles. The van der Waals surface area contributed by atoms with E-state index in [0.29, 0.717) is 5.92 Å². The Morgan fingerprint density at radius 1 is 1.11 bits per heavy atom. The first kappa shape index (κ1) is 18.9. The van der Waals surface area contributed by atoms with Crippen LogP contribution in [0.3, 0.4) is 0 Å². The highest BCUT2D eigenvalue weighted by atomic mass is 16.4. The van der Waals surface area contributed by atoms with Gasteiger partial charge in [-0.15, -0.1) is 0 Å². The number of likely N-dealkylation sites (tertiary alicyclic amines) is 1. The number of carboxylic acid groups (broad SMARTS) is 1. The SMILES string of the molecule is CCN(CC(=O)O)C1CCN(C(=O)C2CC2c2cccc3ccccc23)CC1. The topological polar surface area (TPSA) is 60.9 Å². The van der Waals surface area contributed by atoms with E-state index in [2.05, 4.69) is 42.5 Å². The van der Waals surface area contributed by atoms with E-state index in [1.807, 2.05) is 16.7 Å². The molecule has 1 N–H and O–H groups in total. The summed E-state index contributed by atoms with van der Waals surface area (Å²) in [4.78, 5) is 28.1. The number of nitrogens with zero attached hydrogens (tertiary/aromatic N) is 2. The molecule has 2 aliphatic rings. The first-order chi connectivity index (χ1) is 13.6. The molecule has 1 aliphatic carbocycles. The van der Waals surface area contributed by atoms with E-state index in [1.165, 1.54) is 16.3 Å². The van der Waals surface area contributed by atoms with Gasteiger partial charge in [0, 0.05) is 25.0 Å². The van der Waals surface area contributed by atoms with Crippen molar-refractivity contribution in [2.45, 2.75) is 38.1 Å². The Bertz CT molecular complexity index is 868. The quantitative estimate of drug-likeness (QED) is 0.835. The Morgan fingerprint density at radius 3 is 2.54 bits per heavy atom. The molecular formula is C23H28N2O3. The number of likely N-dealkylation sites (N-methyl/N-ethyl adjacent to an activating group) is 1. The maximum absolute atomic E-state index is 13.0. The zero-order chi connectivity index (χ0) is 19.7. The molecule has 1 heterocycles. The van der Waals surface area contributed by atoms with Crippen molar-refractivity contribution in [1.29, 1.82) is 0 Å². The first-order valence-corrected chi connectivity index (χ1v) is 10.3. The molecule has 0 aromatic heterocycles. The molecule has 1 amide bonds. The summed E-state index contributed by atoms with van der Waals surface area (Å²) in [6.07, 6.45) is 2.66. The van der Waals surface area contributed by atoms with Gasteiger partial charge in [0.25, 0.3) is 0 Å². The van der Waals surface area contributed by atoms with Gasteiger partial charge in [0.05, 0.1) is 6.54 Å². The molecule has 5 heteroatoms. The number of benzene rings is 2. The van der Waals surface area contributed by atoms with Crippen molar-refractivity contribution < 1.29 is 14.7 Å². The van der Waals surface area contributed by atoms with Crippen LogP contribution in [0.2, 0.25) is 0 Å². The second kappa shape index (κ2) is 7.92. The number of rotatable bonds is 6. The van der Waals surface area contributed by atoms with Crippen molar-refractivity contribution in [2.75, 3.05) is 26.2 Å². The molecule has 2 atom stereocenters. The smallest absolute Gasteiger partial charge is 0.317 e. The van der Waals surface area contributed by atoms with Crippen LogP contribution in [0.4, 0.5) is 0 Å². The van der Waals surface area contributed by atoms with Gasteiger partial charge in [-0.25, -0.2) is 0 Å². The van der Waals surface area contributed by atoms with Gasteiger partial charge in [0.1, 0.15) is 0 Å². The Balaban J connectivity index is 1.37. The Kier molecular flexibility index (Phi) is 5.36. The van der Waals surface area contributed by atoms with Crippen molar-refractivity contribution in [2.24, 2.45) is 5.92 Å². The van der Waals surface area contributed by atoms with Crippen molar-refractivity contribution >= 4 is 22.6 Å². The maximum Gasteiger partial charge on any atom is 0.317 e. The van der Waals surface area contributed by atoms with Gasteiger partial charge >= 0.3 is 5.97 Å². The monoisotopic (exact) mass is 380 g/mol. The molecule has 5 nitrogen and oxygen atoms in total. The lowest BCUT2D eigenvalue weighted by Crippen LogP contribution is -2.48. The second-order valence-corrected chi connectivity index (χ2v) is 8.03. The fourth-order valence-corrected chi connectivity index (χ4v) is 4.74. The number of carbonyl (C=O) groups is 2. The summed E-state index contributed by atoms with van der Waals surface area (Å²) < 4.78 is 0. The molecule has 2 aromatic rings. The highest BCUT2D eigenvalue weighted by molar-refractivity contribution is 5.89. The summed E-state index contributed by atoms with van der Waals surface area (Å²) >= 11 is 0. The lowest BCUT2D eigenvalue weighted by molar-refractivity contribution is -0.140. The van der Waals surface area contributed by atoms with Crippen LogP contribution in [0.1, 0.15) is 37.7 Å². The molecule has 148 valence electrons. The van der Waals surface area contributed by atoms with Gasteiger partial charge in [-0.3, -0.25) is 14.5 Å². The minimum atomic E-state index is -0.781. The molecular weight excluding hydrogens is 352 g/mol. The zero-order valence-corrected chi connectivity index (χ0v) is 16.4. The van der Waals surface area contributed by atoms with E-state index in [4.69, 9.17) is 5.11 Å². The van der Waals surface area contributed by atoms with Crippen molar-refractivity contribution in [3.8, 4) is 0 Å². The number of hydrogen-bond acceptors (Lipinski definition) is 3. The molecule has 0 radical (unpaired) electrons. The van der Waals surface area contributed by atoms with E-state index >= 15 is 0 Å². The van der Waals surface area contributed by atoms with Gasteiger partial charge in [-0.2, -0.15) is 0 Å². The molecule has 4 rings (SSSR count). The largest absolute Gasteiger partial charge is 0.480 e. The standard InChI is InChI=1S/C23H28N2O3/c1-2-24(15-22(26)27)17-10-12-25(13-11-17)23(28)21-14-20(21)19-9-5-7-16-6-3-4-8-18(16)19/h3-9,17,20-21H,2,10-15H2,1H3,(H,26,27). The molecule has 1 saturated carbocycles. The Labute approximate surface area is 165 Å². The maximum atomic E-state index is 13.0. The minimum absolute atomic E-state index is 0.0842. The fourth-order valence-electron chi connectivity index (χ4n) is 4.74. The molecule has 28 heavy (non-hydrogen) atoms. The first-order valence-electron chi connectivity index (χ1n) is 10.3. The van der Waals surface area contributed by atoms with Crippen molar-refractivity contribution in [3.05, 3.63) is 48.0 Å². The zero-order valence-electron chi connectivity index (χ0n) is 16.4. The van der Waals surface area contributed by atoms with Crippen LogP contribution in [0.25, 0.3) is 10.8 Å². The molecule has 2 unspecified atom stereocenters. The predicted molar refractivity (Wildman–Crippen MR) is 109 cm³/mol. The number of piperidine rings is 1. The van der Waals surface area contributed by atoms with E-state index in [9.17, 15) is 9.59 Å². The van der Waals surface area contributed by atoms with Gasteiger partial charge < -0.3 is 10.0 Å². The number of fused-ring (bicyclic) bond motifs is 1. The van der Waals surface area contributed by atoms with Crippen LogP contribution in [0.15, 0.2) is 42.5 Å². The Morgan fingerprint density at radius 2 is 1.82 bits per heavy atom. The molecule has 2 fully saturated rings. The molecule has 1 aliphatic heterocycles. The number of carboxylic acids is 1. The number of amides is 1. The fraction of sp³-hybridized carbons (Fsp3) is 0.478. The lowest BCUT2D eigenvalue weighted by atomic mass is 9.99. The average Bonchev–Trinajstić information content (AvgIpc) is 3.52. The van der Waals surface area contributed by atoms with E-state index in [-0.39, 0.29) is 24.4 Å². The molecule has 1 saturated heterocycles. The van der Waals surface area contributed by atoms with Crippen LogP contribution in [-0.2, 0) is 9.59 Å². The number of hydrogen-bond donors (Lipinski definition) is 1. The normalized spacial score (nSPS) is 22.6. The van der Waals surface area contributed by atoms with E-state index in [1.54, 1.807) is 0 Å². The van der Waals surface area contributed by atoms with Crippen LogP contribution < -0.4 is 0 Å². The number of aliphatic carboxylic acids is 1. The van der Waals surface area contributed by atoms with Gasteiger partial charge in [-0.05, 0) is 48.1 Å². The summed E-state index contributed by atoms with van der Waals surface area (Å²) in [5.41, 5.74) is 1.30. The van der Waals surface area contributed by atoms with Crippen molar-refractivity contribution in [1.82, 2.24) is 9.80 Å². The highest BCUT2D eigenvalue weighted by Crippen LogP contribution is 2.50. The number of carbonyl (C=O) groups excluding carboxylic acids is 1. The summed E-state index contributed by atoms with van der Waals surface area (Å²) in [6, 6.07) is 15.0. The predicted octanol–water partition coefficient (Wildman–Crippen LogP) is 3.34. The third kappa shape index (κ3) is 3.76. The summed E-state index contributed by atoms with van der Waals surface area (Å²) in [5, 5.41) is 11.6. The van der Waals surface area contributed by atoms with Gasteiger partial charge in [0.2, 0.25) is 5.91 Å². The molecule has 0 bridgehead atoms.